The van der Waals surface area contributed by atoms with Crippen molar-refractivity contribution in [3.8, 4) is 11.5 Å². The number of halogens is 1. The molecule has 25 heavy (non-hydrogen) atoms. The third-order valence-corrected chi connectivity index (χ3v) is 3.98. The monoisotopic (exact) mass is 349 g/mol. The number of amides is 2. The molecule has 0 radical (unpaired) electrons. The van der Waals surface area contributed by atoms with Crippen LogP contribution < -0.4 is 20.1 Å². The number of hydrogen-bond donors (Lipinski definition) is 2. The number of hydrogen-bond acceptors (Lipinski definition) is 3. The van der Waals surface area contributed by atoms with Crippen LogP contribution in [-0.2, 0) is 13.5 Å². The lowest BCUT2D eigenvalue weighted by Crippen LogP contribution is -2.36. The number of nitrogens with one attached hydrogen (secondary N) is 2. The number of methoxy groups -OCH3 is 2. The normalized spacial score (nSPS) is 11.7. The van der Waals surface area contributed by atoms with E-state index in [0.29, 0.717) is 5.75 Å². The molecule has 2 aromatic rings. The predicted octanol–water partition coefficient (Wildman–Crippen LogP) is 3.32. The molecule has 7 heteroatoms. The summed E-state index contributed by atoms with van der Waals surface area (Å²) in [6, 6.07) is 6.07. The van der Waals surface area contributed by atoms with Crippen molar-refractivity contribution in [2.24, 2.45) is 7.05 Å². The van der Waals surface area contributed by atoms with Gasteiger partial charge in [-0.15, -0.1) is 0 Å². The minimum Gasteiger partial charge on any atom is -0.493 e. The molecule has 0 aliphatic heterocycles. The average molecular weight is 349 g/mol. The Balaban J connectivity index is 1.92. The molecule has 6 nitrogen and oxygen atoms in total. The lowest BCUT2D eigenvalue weighted by atomic mass is 10.1. The lowest BCUT2D eigenvalue weighted by Gasteiger charge is -2.16. The van der Waals surface area contributed by atoms with Crippen LogP contribution in [0.5, 0.6) is 11.5 Å². The standard InChI is InChI=1S/C18H24FN3O3/c1-12(7-8-13-6-5-9-22(13)2)20-18(23)21-15-11-17(25-4)16(24-3)10-14(15)19/h5-6,9-12H,7-8H2,1-4H3,(H2,20,21,23)/t12-/m0/s1. The summed E-state index contributed by atoms with van der Waals surface area (Å²) in [7, 11) is 4.86. The highest BCUT2D eigenvalue weighted by Gasteiger charge is 2.14. The van der Waals surface area contributed by atoms with Crippen molar-refractivity contribution in [2.75, 3.05) is 19.5 Å². The molecule has 1 heterocycles. The Labute approximate surface area is 146 Å². The first-order chi connectivity index (χ1) is 11.9. The fraction of sp³-hybridized carbons (Fsp3) is 0.389. The molecular formula is C18H24FN3O3. The van der Waals surface area contributed by atoms with Gasteiger partial charge in [-0.25, -0.2) is 9.18 Å². The van der Waals surface area contributed by atoms with Crippen LogP contribution in [0.3, 0.4) is 0 Å². The molecule has 1 aromatic heterocycles. The first-order valence-electron chi connectivity index (χ1n) is 8.03. The number of carbonyl (C=O) groups is 1. The van der Waals surface area contributed by atoms with Crippen molar-refractivity contribution in [1.29, 1.82) is 0 Å². The molecule has 0 aliphatic carbocycles. The van der Waals surface area contributed by atoms with Crippen LogP contribution in [0.1, 0.15) is 19.0 Å². The van der Waals surface area contributed by atoms with E-state index in [1.807, 2.05) is 36.9 Å². The van der Waals surface area contributed by atoms with Crippen molar-refractivity contribution < 1.29 is 18.7 Å². The Hall–Kier alpha value is -2.70. The maximum absolute atomic E-state index is 14.0. The van der Waals surface area contributed by atoms with Crippen molar-refractivity contribution in [1.82, 2.24) is 9.88 Å². The maximum Gasteiger partial charge on any atom is 0.319 e. The highest BCUT2D eigenvalue weighted by molar-refractivity contribution is 5.90. The Kier molecular flexibility index (Phi) is 6.27. The zero-order valence-corrected chi connectivity index (χ0v) is 14.9. The van der Waals surface area contributed by atoms with Gasteiger partial charge in [0.25, 0.3) is 0 Å². The Morgan fingerprint density at radius 3 is 2.56 bits per heavy atom. The molecule has 0 aliphatic rings. The van der Waals surface area contributed by atoms with E-state index in [4.69, 9.17) is 9.47 Å². The molecule has 136 valence electrons. The molecule has 1 atom stereocenters. The third kappa shape index (κ3) is 4.89. The molecule has 0 spiro atoms. The predicted molar refractivity (Wildman–Crippen MR) is 94.9 cm³/mol. The largest absolute Gasteiger partial charge is 0.493 e. The summed E-state index contributed by atoms with van der Waals surface area (Å²) in [4.78, 5) is 12.1. The van der Waals surface area contributed by atoms with Gasteiger partial charge >= 0.3 is 6.03 Å². The van der Waals surface area contributed by atoms with Gasteiger partial charge in [-0.2, -0.15) is 0 Å². The van der Waals surface area contributed by atoms with Crippen molar-refractivity contribution in [2.45, 2.75) is 25.8 Å². The van der Waals surface area contributed by atoms with Gasteiger partial charge < -0.3 is 24.7 Å². The molecule has 0 unspecified atom stereocenters. The second-order valence-corrected chi connectivity index (χ2v) is 5.84. The minimum absolute atomic E-state index is 0.0322. The molecule has 0 saturated heterocycles. The number of aryl methyl sites for hydroxylation is 2. The highest BCUT2D eigenvalue weighted by Crippen LogP contribution is 2.32. The quantitative estimate of drug-likeness (QED) is 0.806. The third-order valence-electron chi connectivity index (χ3n) is 3.98. The second kappa shape index (κ2) is 8.41. The van der Waals surface area contributed by atoms with Gasteiger partial charge in [0.1, 0.15) is 0 Å². The number of urea groups is 1. The molecule has 2 N–H and O–H groups in total. The fourth-order valence-electron chi connectivity index (χ4n) is 2.52. The minimum atomic E-state index is -0.593. The van der Waals surface area contributed by atoms with Crippen molar-refractivity contribution in [3.63, 3.8) is 0 Å². The smallest absolute Gasteiger partial charge is 0.319 e. The zero-order chi connectivity index (χ0) is 18.4. The Morgan fingerprint density at radius 1 is 1.28 bits per heavy atom. The Bertz CT molecular complexity index is 730. The molecule has 2 rings (SSSR count). The molecule has 2 amide bonds. The van der Waals surface area contributed by atoms with E-state index in [1.165, 1.54) is 32.0 Å². The molecule has 0 saturated carbocycles. The summed E-state index contributed by atoms with van der Waals surface area (Å²) in [5, 5.41) is 5.31. The lowest BCUT2D eigenvalue weighted by molar-refractivity contribution is 0.248. The van der Waals surface area contributed by atoms with Gasteiger partial charge in [0.2, 0.25) is 0 Å². The van der Waals surface area contributed by atoms with E-state index < -0.39 is 11.8 Å². The first kappa shape index (κ1) is 18.6. The van der Waals surface area contributed by atoms with Gasteiger partial charge in [-0.05, 0) is 31.9 Å². The van der Waals surface area contributed by atoms with E-state index in [0.717, 1.165) is 12.8 Å². The van der Waals surface area contributed by atoms with E-state index >= 15 is 0 Å². The summed E-state index contributed by atoms with van der Waals surface area (Å²) >= 11 is 0. The van der Waals surface area contributed by atoms with Crippen LogP contribution in [0.15, 0.2) is 30.5 Å². The Morgan fingerprint density at radius 2 is 1.96 bits per heavy atom. The van der Waals surface area contributed by atoms with Crippen LogP contribution >= 0.6 is 0 Å². The summed E-state index contributed by atoms with van der Waals surface area (Å²) < 4.78 is 26.2. The number of ether oxygens (including phenoxy) is 2. The fourth-order valence-corrected chi connectivity index (χ4v) is 2.52. The SMILES string of the molecule is COc1cc(F)c(NC(=O)N[C@@H](C)CCc2cccn2C)cc1OC. The van der Waals surface area contributed by atoms with Gasteiger partial charge in [0.05, 0.1) is 19.9 Å². The number of aromatic nitrogens is 1. The molecule has 0 bridgehead atoms. The van der Waals surface area contributed by atoms with Crippen LogP contribution in [0.2, 0.25) is 0 Å². The first-order valence-corrected chi connectivity index (χ1v) is 8.03. The van der Waals surface area contributed by atoms with Gasteiger partial charge in [0.15, 0.2) is 17.3 Å². The summed E-state index contributed by atoms with van der Waals surface area (Å²) in [5.74, 6) is 0.0158. The molecule has 1 aromatic carbocycles. The van der Waals surface area contributed by atoms with E-state index in [9.17, 15) is 9.18 Å². The number of nitrogens with zero attached hydrogens (tertiary/aromatic N) is 1. The number of benzene rings is 1. The van der Waals surface area contributed by atoms with Gasteiger partial charge in [-0.3, -0.25) is 0 Å². The van der Waals surface area contributed by atoms with Crippen molar-refractivity contribution >= 4 is 11.7 Å². The number of carbonyl (C=O) groups excluding carboxylic acids is 1. The van der Waals surface area contributed by atoms with Gasteiger partial charge in [-0.1, -0.05) is 0 Å². The second-order valence-electron chi connectivity index (χ2n) is 5.84. The van der Waals surface area contributed by atoms with Crippen molar-refractivity contribution in [3.05, 3.63) is 42.0 Å². The van der Waals surface area contributed by atoms with Crippen LogP contribution in [0.4, 0.5) is 14.9 Å². The van der Waals surface area contributed by atoms with E-state index in [2.05, 4.69) is 10.6 Å². The number of rotatable bonds is 7. The summed E-state index contributed by atoms with van der Waals surface area (Å²) in [6.07, 6.45) is 3.61. The highest BCUT2D eigenvalue weighted by atomic mass is 19.1. The topological polar surface area (TPSA) is 64.5 Å². The average Bonchev–Trinajstić information content (AvgIpc) is 2.99. The number of anilines is 1. The van der Waals surface area contributed by atoms with E-state index in [1.54, 1.807) is 0 Å². The van der Waals surface area contributed by atoms with Gasteiger partial charge in [0, 0.05) is 37.1 Å². The maximum atomic E-state index is 14.0. The van der Waals surface area contributed by atoms with Crippen LogP contribution in [0, 0.1) is 5.82 Å². The summed E-state index contributed by atoms with van der Waals surface area (Å²) in [5.41, 5.74) is 1.23. The van der Waals surface area contributed by atoms with E-state index in [-0.39, 0.29) is 17.5 Å². The zero-order valence-electron chi connectivity index (χ0n) is 14.9. The van der Waals surface area contributed by atoms with Crippen LogP contribution in [0.25, 0.3) is 0 Å². The molecule has 0 fully saturated rings. The van der Waals surface area contributed by atoms with Crippen LogP contribution in [-0.4, -0.2) is 30.9 Å². The summed E-state index contributed by atoms with van der Waals surface area (Å²) in [6.45, 7) is 1.91. The molecular weight excluding hydrogens is 325 g/mol.